The number of hydrogen-bond donors (Lipinski definition) is 0. The summed E-state index contributed by atoms with van der Waals surface area (Å²) >= 11 is 8.27. The highest BCUT2D eigenvalue weighted by Crippen LogP contribution is 2.58. The van der Waals surface area contributed by atoms with Gasteiger partial charge in [0.2, 0.25) is 0 Å². The Balaban J connectivity index is 5.97. The molecule has 2 unspecified atom stereocenters. The Bertz CT molecular complexity index is 353. The maximum atomic E-state index is 13.6. The van der Waals surface area contributed by atoms with Gasteiger partial charge in [0.1, 0.15) is 0 Å². The second-order valence-electron chi connectivity index (χ2n) is 3.74. The standard InChI is InChI=1S/C9H9Cl2F7O/c1-4-5(2,19-3)7(13,14)8(15,16)6(10,12)9(11,17)18/h4H,1H2,2-3H3. The van der Waals surface area contributed by atoms with Gasteiger partial charge in [-0.1, -0.05) is 17.7 Å². The summed E-state index contributed by atoms with van der Waals surface area (Å²) in [6.45, 7) is 3.20. The lowest BCUT2D eigenvalue weighted by Crippen LogP contribution is -2.67. The second kappa shape index (κ2) is 4.96. The second-order valence-corrected chi connectivity index (χ2v) is 4.73. The molecule has 0 saturated carbocycles. The van der Waals surface area contributed by atoms with E-state index in [1.807, 2.05) is 0 Å². The number of ether oxygens (including phenoxy) is 1. The lowest BCUT2D eigenvalue weighted by atomic mass is 9.89. The Morgan fingerprint density at radius 1 is 0.947 bits per heavy atom. The van der Waals surface area contributed by atoms with E-state index in [2.05, 4.69) is 34.5 Å². The van der Waals surface area contributed by atoms with Gasteiger partial charge < -0.3 is 4.74 Å². The van der Waals surface area contributed by atoms with E-state index in [0.717, 1.165) is 0 Å². The summed E-state index contributed by atoms with van der Waals surface area (Å²) in [7, 11) is 0.582. The Hall–Kier alpha value is -0.210. The van der Waals surface area contributed by atoms with Gasteiger partial charge in [0.05, 0.1) is 0 Å². The van der Waals surface area contributed by atoms with Gasteiger partial charge in [-0.25, -0.2) is 4.39 Å². The first-order valence-corrected chi connectivity index (χ1v) is 5.27. The van der Waals surface area contributed by atoms with E-state index in [0.29, 0.717) is 14.0 Å². The summed E-state index contributed by atoms with van der Waals surface area (Å²) in [5.41, 5.74) is -3.15. The summed E-state index contributed by atoms with van der Waals surface area (Å²) in [6.07, 6.45) is 0.209. The molecule has 10 heteroatoms. The molecule has 0 aromatic heterocycles. The van der Waals surface area contributed by atoms with Crippen molar-refractivity contribution in [2.75, 3.05) is 7.11 Å². The summed E-state index contributed by atoms with van der Waals surface area (Å²) < 4.78 is 96.3. The van der Waals surface area contributed by atoms with Crippen molar-refractivity contribution in [2.24, 2.45) is 0 Å². The first kappa shape index (κ1) is 18.8. The quantitative estimate of drug-likeness (QED) is 0.392. The number of methoxy groups -OCH3 is 1. The summed E-state index contributed by atoms with van der Waals surface area (Å²) in [5, 5.41) is -11.0. The van der Waals surface area contributed by atoms with E-state index in [1.54, 1.807) is 0 Å². The molecule has 0 aromatic rings. The van der Waals surface area contributed by atoms with Crippen molar-refractivity contribution in [2.45, 2.75) is 34.9 Å². The molecule has 1 nitrogen and oxygen atoms in total. The number of rotatable bonds is 6. The van der Waals surface area contributed by atoms with Crippen LogP contribution in [0, 0.1) is 0 Å². The van der Waals surface area contributed by atoms with Gasteiger partial charge >= 0.3 is 22.4 Å². The average molecular weight is 337 g/mol. The van der Waals surface area contributed by atoms with Crippen LogP contribution in [0.1, 0.15) is 6.92 Å². The smallest absolute Gasteiger partial charge is 0.368 e. The zero-order valence-corrected chi connectivity index (χ0v) is 11.1. The van der Waals surface area contributed by atoms with Gasteiger partial charge in [0.15, 0.2) is 5.60 Å². The van der Waals surface area contributed by atoms with Gasteiger partial charge in [0.25, 0.3) is 0 Å². The number of hydrogen-bond acceptors (Lipinski definition) is 1. The van der Waals surface area contributed by atoms with Crippen molar-refractivity contribution in [3.8, 4) is 0 Å². The van der Waals surface area contributed by atoms with Crippen molar-refractivity contribution < 1.29 is 35.5 Å². The van der Waals surface area contributed by atoms with Crippen LogP contribution in [0.15, 0.2) is 12.7 Å². The Morgan fingerprint density at radius 2 is 1.32 bits per heavy atom. The number of alkyl halides is 9. The Morgan fingerprint density at radius 3 is 1.53 bits per heavy atom. The van der Waals surface area contributed by atoms with E-state index >= 15 is 0 Å². The molecule has 0 radical (unpaired) electrons. The van der Waals surface area contributed by atoms with Crippen LogP contribution in [0.5, 0.6) is 0 Å². The molecule has 0 aromatic carbocycles. The van der Waals surface area contributed by atoms with Gasteiger partial charge in [-0.3, -0.25) is 0 Å². The van der Waals surface area contributed by atoms with Crippen LogP contribution in [-0.4, -0.2) is 35.1 Å². The third-order valence-corrected chi connectivity index (χ3v) is 3.41. The molecule has 0 aliphatic rings. The molecular formula is C9H9Cl2F7O. The molecule has 0 bridgehead atoms. The zero-order valence-electron chi connectivity index (χ0n) is 9.59. The predicted molar refractivity (Wildman–Crippen MR) is 56.0 cm³/mol. The van der Waals surface area contributed by atoms with Crippen molar-refractivity contribution in [1.82, 2.24) is 0 Å². The molecule has 0 saturated heterocycles. The van der Waals surface area contributed by atoms with Crippen LogP contribution in [-0.2, 0) is 4.74 Å². The van der Waals surface area contributed by atoms with Crippen molar-refractivity contribution in [3.05, 3.63) is 12.7 Å². The van der Waals surface area contributed by atoms with Gasteiger partial charge in [-0.2, -0.15) is 26.3 Å². The molecule has 0 N–H and O–H groups in total. The Labute approximate surface area is 114 Å². The fourth-order valence-electron chi connectivity index (χ4n) is 1.03. The monoisotopic (exact) mass is 336 g/mol. The summed E-state index contributed by atoms with van der Waals surface area (Å²) in [6, 6.07) is 0. The molecule has 2 atom stereocenters. The predicted octanol–water partition coefficient (Wildman–Crippen LogP) is 4.58. The van der Waals surface area contributed by atoms with E-state index in [-0.39, 0.29) is 6.08 Å². The third-order valence-electron chi connectivity index (χ3n) is 2.58. The molecule has 19 heavy (non-hydrogen) atoms. The van der Waals surface area contributed by atoms with E-state index in [9.17, 15) is 30.7 Å². The van der Waals surface area contributed by atoms with Crippen LogP contribution in [0.4, 0.5) is 30.7 Å². The molecule has 0 aliphatic heterocycles. The van der Waals surface area contributed by atoms with E-state index in [1.165, 1.54) is 0 Å². The molecule has 0 aliphatic carbocycles. The molecule has 0 spiro atoms. The van der Waals surface area contributed by atoms with Crippen molar-refractivity contribution in [1.29, 1.82) is 0 Å². The minimum absolute atomic E-state index is 0.209. The summed E-state index contributed by atoms with van der Waals surface area (Å²) in [4.78, 5) is 0. The molecular weight excluding hydrogens is 328 g/mol. The SMILES string of the molecule is C=CC(C)(OC)C(F)(F)C(F)(F)C(F)(Cl)C(F)(F)Cl. The highest BCUT2D eigenvalue weighted by Gasteiger charge is 2.82. The highest BCUT2D eigenvalue weighted by molar-refractivity contribution is 6.33. The third kappa shape index (κ3) is 2.54. The van der Waals surface area contributed by atoms with Crippen LogP contribution >= 0.6 is 23.2 Å². The van der Waals surface area contributed by atoms with Crippen molar-refractivity contribution in [3.63, 3.8) is 0 Å². The Kier molecular flexibility index (Phi) is 4.91. The first-order valence-electron chi connectivity index (χ1n) is 4.51. The molecule has 0 heterocycles. The molecule has 114 valence electrons. The number of halogens is 9. The van der Waals surface area contributed by atoms with Crippen LogP contribution in [0.3, 0.4) is 0 Å². The van der Waals surface area contributed by atoms with Gasteiger partial charge in [0, 0.05) is 7.11 Å². The van der Waals surface area contributed by atoms with Crippen LogP contribution in [0.25, 0.3) is 0 Å². The fraction of sp³-hybridized carbons (Fsp3) is 0.778. The van der Waals surface area contributed by atoms with Crippen molar-refractivity contribution >= 4 is 23.2 Å². The lowest BCUT2D eigenvalue weighted by Gasteiger charge is -2.42. The molecule has 0 rings (SSSR count). The van der Waals surface area contributed by atoms with E-state index in [4.69, 9.17) is 0 Å². The highest BCUT2D eigenvalue weighted by atomic mass is 35.5. The van der Waals surface area contributed by atoms with E-state index < -0.39 is 28.0 Å². The normalized spacial score (nSPS) is 20.6. The van der Waals surface area contributed by atoms with Crippen LogP contribution in [0.2, 0.25) is 0 Å². The molecule has 0 fully saturated rings. The topological polar surface area (TPSA) is 9.23 Å². The minimum Gasteiger partial charge on any atom is -0.368 e. The maximum Gasteiger partial charge on any atom is 0.375 e. The first-order chi connectivity index (χ1) is 8.12. The van der Waals surface area contributed by atoms with Gasteiger partial charge in [-0.15, -0.1) is 6.58 Å². The zero-order chi connectivity index (χ0) is 15.9. The van der Waals surface area contributed by atoms with Gasteiger partial charge in [-0.05, 0) is 18.5 Å². The van der Waals surface area contributed by atoms with Crippen LogP contribution < -0.4 is 0 Å². The fourth-order valence-corrected chi connectivity index (χ4v) is 1.26. The lowest BCUT2D eigenvalue weighted by molar-refractivity contribution is -0.323. The average Bonchev–Trinajstić information content (AvgIpc) is 2.25. The minimum atomic E-state index is -6.05. The largest absolute Gasteiger partial charge is 0.375 e. The maximum absolute atomic E-state index is 13.6. The molecule has 0 amide bonds. The summed E-state index contributed by atoms with van der Waals surface area (Å²) in [5.74, 6) is -11.5.